The molecule has 0 unspecified atom stereocenters. The lowest BCUT2D eigenvalue weighted by molar-refractivity contribution is -0.143. The Kier molecular flexibility index (Phi) is 10.7. The molecule has 12 heteroatoms. The maximum atomic E-state index is 14.5. The van der Waals surface area contributed by atoms with Gasteiger partial charge in [-0.15, -0.1) is 0 Å². The number of halogens is 4. The number of nitrogens with zero attached hydrogens (tertiary/aromatic N) is 1. The Hall–Kier alpha value is -4.61. The fourth-order valence-corrected chi connectivity index (χ4v) is 8.22. The monoisotopic (exact) mass is 762 g/mol. The quantitative estimate of drug-likeness (QED) is 0.131. The van der Waals surface area contributed by atoms with E-state index in [1.54, 1.807) is 7.11 Å². The highest BCUT2D eigenvalue weighted by Gasteiger charge is 2.49. The van der Waals surface area contributed by atoms with Crippen molar-refractivity contribution in [3.05, 3.63) is 93.5 Å². The molecule has 8 nitrogen and oxygen atoms in total. The Morgan fingerprint density at radius 2 is 1.72 bits per heavy atom. The molecule has 0 spiro atoms. The summed E-state index contributed by atoms with van der Waals surface area (Å²) in [5.41, 5.74) is 4.06. The maximum absolute atomic E-state index is 14.5. The number of alkyl halides is 3. The number of fused-ring (bicyclic) bond motifs is 1. The standard InChI is InChI=1S/C42H42ClF3N2O6/c1-52-36-21-37(33(42(44,45)46)20-25(36)15-16-41(17-18-41)40(50)51)54-35-14-12-29-28(5-3-6-30(29)35)31-7-4-8-32(38(31)43)34-13-10-26(39(48-34)53-2)23-47-22-24-9-11-27(49)19-24/h3-8,10,13,20-21,24,35,47H,9,11-12,14-19,22-23H2,1-2H3,(H,50,51)/t24-,35+/m1/s1. The van der Waals surface area contributed by atoms with Crippen LogP contribution in [0.3, 0.4) is 0 Å². The van der Waals surface area contributed by atoms with Crippen LogP contribution in [0.25, 0.3) is 22.4 Å². The summed E-state index contributed by atoms with van der Waals surface area (Å²) >= 11 is 7.12. The highest BCUT2D eigenvalue weighted by Crippen LogP contribution is 2.51. The van der Waals surface area contributed by atoms with Crippen molar-refractivity contribution in [2.75, 3.05) is 20.8 Å². The summed E-state index contributed by atoms with van der Waals surface area (Å²) in [6, 6.07) is 17.6. The Bertz CT molecular complexity index is 2080. The SMILES string of the molecule is COc1cc(O[C@H]2CCc3c(-c4cccc(-c5ccc(CNC[C@@H]6CCC(=O)C6)c(OC)n5)c4Cl)cccc32)c(C(F)(F)F)cc1CCC1(C(=O)O)CC1. The number of hydrogen-bond donors (Lipinski definition) is 2. The van der Waals surface area contributed by atoms with E-state index in [2.05, 4.69) is 5.32 Å². The highest BCUT2D eigenvalue weighted by molar-refractivity contribution is 6.36. The number of pyridine rings is 1. The van der Waals surface area contributed by atoms with Gasteiger partial charge in [-0.05, 0) is 91.8 Å². The number of nitrogens with one attached hydrogen (secondary N) is 1. The zero-order chi connectivity index (χ0) is 38.2. The van der Waals surface area contributed by atoms with Crippen molar-refractivity contribution in [2.45, 2.75) is 76.6 Å². The number of benzene rings is 3. The van der Waals surface area contributed by atoms with E-state index in [1.165, 1.54) is 13.2 Å². The summed E-state index contributed by atoms with van der Waals surface area (Å²) in [6.45, 7) is 1.29. The van der Waals surface area contributed by atoms with Crippen LogP contribution in [0, 0.1) is 11.3 Å². The summed E-state index contributed by atoms with van der Waals surface area (Å²) in [5.74, 6) is 0.113. The van der Waals surface area contributed by atoms with Crippen molar-refractivity contribution in [1.29, 1.82) is 0 Å². The molecule has 3 aromatic carbocycles. The molecule has 0 amide bonds. The number of aliphatic carboxylic acids is 1. The molecular weight excluding hydrogens is 721 g/mol. The van der Waals surface area contributed by atoms with E-state index in [-0.39, 0.29) is 24.3 Å². The molecule has 0 bridgehead atoms. The highest BCUT2D eigenvalue weighted by atomic mass is 35.5. The van der Waals surface area contributed by atoms with Gasteiger partial charge in [0.1, 0.15) is 23.4 Å². The molecule has 7 rings (SSSR count). The molecule has 1 aromatic heterocycles. The number of carbonyl (C=O) groups is 2. The number of methoxy groups -OCH3 is 2. The second-order valence-corrected chi connectivity index (χ2v) is 15.0. The van der Waals surface area contributed by atoms with Gasteiger partial charge in [-0.2, -0.15) is 13.2 Å². The smallest absolute Gasteiger partial charge is 0.419 e. The van der Waals surface area contributed by atoms with Crippen molar-refractivity contribution in [1.82, 2.24) is 10.3 Å². The number of carboxylic acids is 1. The first-order valence-corrected chi connectivity index (χ1v) is 18.6. The number of aromatic nitrogens is 1. The van der Waals surface area contributed by atoms with E-state index in [0.29, 0.717) is 84.5 Å². The maximum Gasteiger partial charge on any atom is 0.419 e. The van der Waals surface area contributed by atoms with Gasteiger partial charge in [0.25, 0.3) is 0 Å². The van der Waals surface area contributed by atoms with Crippen LogP contribution in [0.15, 0.2) is 60.7 Å². The van der Waals surface area contributed by atoms with Crippen LogP contribution in [-0.4, -0.2) is 42.6 Å². The van der Waals surface area contributed by atoms with Crippen LogP contribution >= 0.6 is 11.6 Å². The largest absolute Gasteiger partial charge is 0.496 e. The van der Waals surface area contributed by atoms with E-state index in [9.17, 15) is 27.9 Å². The minimum Gasteiger partial charge on any atom is -0.496 e. The molecule has 1 heterocycles. The fraction of sp³-hybridized carbons (Fsp3) is 0.405. The molecule has 0 aliphatic heterocycles. The first kappa shape index (κ1) is 37.7. The van der Waals surface area contributed by atoms with Gasteiger partial charge in [0, 0.05) is 42.1 Å². The Labute approximate surface area is 317 Å². The lowest BCUT2D eigenvalue weighted by Crippen LogP contribution is -2.21. The van der Waals surface area contributed by atoms with E-state index in [0.717, 1.165) is 46.8 Å². The lowest BCUT2D eigenvalue weighted by Gasteiger charge is -2.22. The average Bonchev–Trinajstić information content (AvgIpc) is 3.68. The van der Waals surface area contributed by atoms with Gasteiger partial charge in [-0.3, -0.25) is 9.59 Å². The Morgan fingerprint density at radius 3 is 2.41 bits per heavy atom. The van der Waals surface area contributed by atoms with Gasteiger partial charge in [0.15, 0.2) is 0 Å². The van der Waals surface area contributed by atoms with E-state index >= 15 is 0 Å². The third kappa shape index (κ3) is 7.66. The minimum absolute atomic E-state index is 0.141. The van der Waals surface area contributed by atoms with Gasteiger partial charge in [0.05, 0.1) is 35.9 Å². The molecular formula is C42H42ClF3N2O6. The van der Waals surface area contributed by atoms with Crippen molar-refractivity contribution in [2.24, 2.45) is 11.3 Å². The second kappa shape index (κ2) is 15.3. The average molecular weight is 763 g/mol. The molecule has 0 radical (unpaired) electrons. The summed E-state index contributed by atoms with van der Waals surface area (Å²) < 4.78 is 60.8. The molecule has 54 heavy (non-hydrogen) atoms. The number of ether oxygens (including phenoxy) is 3. The molecule has 2 atom stereocenters. The number of rotatable bonds is 14. The van der Waals surface area contributed by atoms with E-state index in [4.69, 9.17) is 30.8 Å². The first-order valence-electron chi connectivity index (χ1n) is 18.3. The lowest BCUT2D eigenvalue weighted by atomic mass is 9.94. The zero-order valence-corrected chi connectivity index (χ0v) is 30.9. The molecule has 3 aliphatic rings. The third-order valence-electron chi connectivity index (χ3n) is 11.1. The van der Waals surface area contributed by atoms with Gasteiger partial charge >= 0.3 is 12.1 Å². The molecule has 2 saturated carbocycles. The first-order chi connectivity index (χ1) is 25.9. The summed E-state index contributed by atoms with van der Waals surface area (Å²) in [5, 5.41) is 13.5. The number of hydrogen-bond acceptors (Lipinski definition) is 7. The van der Waals surface area contributed by atoms with Crippen LogP contribution in [-0.2, 0) is 35.2 Å². The van der Waals surface area contributed by atoms with Gasteiger partial charge in [-0.25, -0.2) is 4.98 Å². The van der Waals surface area contributed by atoms with Crippen LogP contribution in [0.2, 0.25) is 5.02 Å². The van der Waals surface area contributed by atoms with Crippen molar-refractivity contribution in [3.8, 4) is 39.8 Å². The molecule has 4 aromatic rings. The number of aryl methyl sites for hydroxylation is 1. The van der Waals surface area contributed by atoms with Crippen LogP contribution < -0.4 is 19.5 Å². The molecule has 2 fully saturated rings. The third-order valence-corrected chi connectivity index (χ3v) is 11.6. The number of carboxylic acid groups (broad SMARTS) is 1. The summed E-state index contributed by atoms with van der Waals surface area (Å²) in [6.07, 6.45) is -0.756. The van der Waals surface area contributed by atoms with E-state index < -0.39 is 29.2 Å². The second-order valence-electron chi connectivity index (χ2n) is 14.6. The van der Waals surface area contributed by atoms with Crippen LogP contribution in [0.5, 0.6) is 17.4 Å². The van der Waals surface area contributed by atoms with Crippen LogP contribution in [0.1, 0.15) is 78.9 Å². The van der Waals surface area contributed by atoms with Crippen molar-refractivity contribution < 1.29 is 42.1 Å². The zero-order valence-electron chi connectivity index (χ0n) is 30.2. The van der Waals surface area contributed by atoms with Crippen molar-refractivity contribution >= 4 is 23.4 Å². The van der Waals surface area contributed by atoms with Gasteiger partial charge < -0.3 is 24.6 Å². The van der Waals surface area contributed by atoms with Crippen LogP contribution in [0.4, 0.5) is 13.2 Å². The van der Waals surface area contributed by atoms with Gasteiger partial charge in [-0.1, -0.05) is 54.1 Å². The minimum atomic E-state index is -4.71. The number of Topliss-reactive ketones (excluding diaryl/α,β-unsaturated/α-hetero) is 1. The Balaban J connectivity index is 1.13. The fourth-order valence-electron chi connectivity index (χ4n) is 7.90. The molecule has 284 valence electrons. The number of ketones is 1. The number of carbonyl (C=O) groups excluding carboxylic acids is 1. The Morgan fingerprint density at radius 1 is 0.963 bits per heavy atom. The van der Waals surface area contributed by atoms with E-state index in [1.807, 2.05) is 48.5 Å². The van der Waals surface area contributed by atoms with Crippen molar-refractivity contribution in [3.63, 3.8) is 0 Å². The topological polar surface area (TPSA) is 107 Å². The summed E-state index contributed by atoms with van der Waals surface area (Å²) in [4.78, 5) is 28.1. The molecule has 2 N–H and O–H groups in total. The summed E-state index contributed by atoms with van der Waals surface area (Å²) in [7, 11) is 2.96. The predicted octanol–water partition coefficient (Wildman–Crippen LogP) is 9.43. The van der Waals surface area contributed by atoms with Gasteiger partial charge in [0.2, 0.25) is 5.88 Å². The normalized spacial score (nSPS) is 18.7. The predicted molar refractivity (Wildman–Crippen MR) is 198 cm³/mol. The molecule has 0 saturated heterocycles. The molecule has 3 aliphatic carbocycles.